The van der Waals surface area contributed by atoms with Crippen LogP contribution in [0.15, 0.2) is 16.9 Å². The summed E-state index contributed by atoms with van der Waals surface area (Å²) in [5.74, 6) is 0.0513. The van der Waals surface area contributed by atoms with Crippen molar-refractivity contribution in [2.24, 2.45) is 5.10 Å². The molecule has 4 heteroatoms. The Kier molecular flexibility index (Phi) is 2.74. The number of hydrogen-bond donors (Lipinski definition) is 0. The van der Waals surface area contributed by atoms with E-state index in [0.717, 1.165) is 24.3 Å². The molecule has 2 heterocycles. The third-order valence-electron chi connectivity index (χ3n) is 3.03. The molecule has 4 nitrogen and oxygen atoms in total. The van der Waals surface area contributed by atoms with E-state index in [-0.39, 0.29) is 11.9 Å². The Morgan fingerprint density at radius 1 is 1.25 bits per heavy atom. The van der Waals surface area contributed by atoms with Crippen molar-refractivity contribution in [3.05, 3.63) is 11.8 Å². The Bertz CT molecular complexity index is 368. The Morgan fingerprint density at radius 3 is 2.50 bits per heavy atom. The quantitative estimate of drug-likeness (QED) is 0.710. The van der Waals surface area contributed by atoms with E-state index < -0.39 is 0 Å². The van der Waals surface area contributed by atoms with Crippen LogP contribution in [-0.2, 0) is 4.79 Å². The van der Waals surface area contributed by atoms with Gasteiger partial charge < -0.3 is 4.90 Å². The van der Waals surface area contributed by atoms with E-state index in [1.165, 1.54) is 0 Å². The van der Waals surface area contributed by atoms with Crippen molar-refractivity contribution in [3.63, 3.8) is 0 Å². The molecule has 2 rings (SSSR count). The molecule has 0 aromatic rings. The second kappa shape index (κ2) is 3.92. The molecule has 2 aliphatic heterocycles. The second-order valence-electron chi connectivity index (χ2n) is 4.91. The van der Waals surface area contributed by atoms with Crippen LogP contribution >= 0.6 is 0 Å². The first-order chi connectivity index (χ1) is 7.50. The molecule has 1 amide bonds. The van der Waals surface area contributed by atoms with Crippen molar-refractivity contribution in [1.29, 1.82) is 0 Å². The molecule has 0 radical (unpaired) electrons. The lowest BCUT2D eigenvalue weighted by Gasteiger charge is -2.28. The minimum absolute atomic E-state index is 0.0513. The monoisotopic (exact) mass is 221 g/mol. The maximum Gasteiger partial charge on any atom is 0.277 e. The molecule has 0 unspecified atom stereocenters. The Balaban J connectivity index is 2.27. The molecule has 0 saturated heterocycles. The zero-order chi connectivity index (χ0) is 11.9. The zero-order valence-electron chi connectivity index (χ0n) is 10.4. The van der Waals surface area contributed by atoms with Gasteiger partial charge in [-0.25, -0.2) is 5.01 Å². The fraction of sp³-hybridized carbons (Fsp3) is 0.667. The molecule has 0 N–H and O–H groups in total. The molecule has 0 saturated carbocycles. The van der Waals surface area contributed by atoms with Gasteiger partial charge in [-0.15, -0.1) is 0 Å². The van der Waals surface area contributed by atoms with Crippen LogP contribution in [0.2, 0.25) is 0 Å². The van der Waals surface area contributed by atoms with E-state index in [1.807, 2.05) is 20.0 Å². The van der Waals surface area contributed by atoms with Crippen LogP contribution in [0.4, 0.5) is 0 Å². The number of carbonyl (C=O) groups is 1. The van der Waals surface area contributed by atoms with Crippen LogP contribution < -0.4 is 0 Å². The highest BCUT2D eigenvalue weighted by Crippen LogP contribution is 2.24. The lowest BCUT2D eigenvalue weighted by Crippen LogP contribution is -2.34. The van der Waals surface area contributed by atoms with Crippen molar-refractivity contribution in [3.8, 4) is 0 Å². The van der Waals surface area contributed by atoms with Crippen molar-refractivity contribution in [2.75, 3.05) is 6.54 Å². The number of rotatable bonds is 2. The highest BCUT2D eigenvalue weighted by atomic mass is 16.2. The minimum atomic E-state index is 0.0513. The number of hydrogen-bond acceptors (Lipinski definition) is 3. The van der Waals surface area contributed by atoms with Gasteiger partial charge in [-0.05, 0) is 27.7 Å². The van der Waals surface area contributed by atoms with Crippen molar-refractivity contribution >= 4 is 11.6 Å². The summed E-state index contributed by atoms with van der Waals surface area (Å²) in [6, 6.07) is 0.578. The van der Waals surface area contributed by atoms with Gasteiger partial charge in [0.05, 0.1) is 17.3 Å². The Morgan fingerprint density at radius 2 is 1.94 bits per heavy atom. The summed E-state index contributed by atoms with van der Waals surface area (Å²) in [7, 11) is 0. The second-order valence-corrected chi connectivity index (χ2v) is 4.91. The number of amides is 1. The fourth-order valence-corrected chi connectivity index (χ4v) is 2.01. The standard InChI is InChI=1S/C12H19N3O/c1-8(2)14-6-5-11-10(7-14)12(16)15(13-11)9(3)4/h7-9H,5-6H2,1-4H3. The summed E-state index contributed by atoms with van der Waals surface area (Å²) >= 11 is 0. The topological polar surface area (TPSA) is 35.9 Å². The SMILES string of the molecule is CC(C)N1C=C2C(=O)N(C(C)C)N=C2CC1. The fourth-order valence-electron chi connectivity index (χ4n) is 2.01. The molecule has 0 spiro atoms. The van der Waals surface area contributed by atoms with Gasteiger partial charge in [0.2, 0.25) is 0 Å². The van der Waals surface area contributed by atoms with Gasteiger partial charge in [-0.3, -0.25) is 4.79 Å². The maximum atomic E-state index is 12.1. The zero-order valence-corrected chi connectivity index (χ0v) is 10.4. The smallest absolute Gasteiger partial charge is 0.277 e. The van der Waals surface area contributed by atoms with E-state index in [4.69, 9.17) is 0 Å². The average Bonchev–Trinajstić information content (AvgIpc) is 2.56. The summed E-state index contributed by atoms with van der Waals surface area (Å²) in [5.41, 5.74) is 1.74. The van der Waals surface area contributed by atoms with Crippen LogP contribution in [0.3, 0.4) is 0 Å². The van der Waals surface area contributed by atoms with E-state index in [1.54, 1.807) is 5.01 Å². The predicted octanol–water partition coefficient (Wildman–Crippen LogP) is 1.59. The van der Waals surface area contributed by atoms with Gasteiger partial charge in [0.1, 0.15) is 0 Å². The third-order valence-corrected chi connectivity index (χ3v) is 3.03. The van der Waals surface area contributed by atoms with Crippen LogP contribution in [0, 0.1) is 0 Å². The van der Waals surface area contributed by atoms with Gasteiger partial charge in [0.15, 0.2) is 0 Å². The van der Waals surface area contributed by atoms with E-state index >= 15 is 0 Å². The summed E-state index contributed by atoms with van der Waals surface area (Å²) in [5, 5.41) is 5.98. The number of fused-ring (bicyclic) bond motifs is 1. The lowest BCUT2D eigenvalue weighted by molar-refractivity contribution is -0.127. The van der Waals surface area contributed by atoms with E-state index in [2.05, 4.69) is 23.8 Å². The van der Waals surface area contributed by atoms with Gasteiger partial charge in [-0.1, -0.05) is 0 Å². The molecular weight excluding hydrogens is 202 g/mol. The minimum Gasteiger partial charge on any atom is -0.374 e. The van der Waals surface area contributed by atoms with Crippen molar-refractivity contribution < 1.29 is 4.79 Å². The lowest BCUT2D eigenvalue weighted by atomic mass is 10.0. The third kappa shape index (κ3) is 1.72. The molecule has 0 fully saturated rings. The number of carbonyl (C=O) groups excluding carboxylic acids is 1. The van der Waals surface area contributed by atoms with Crippen LogP contribution in [-0.4, -0.2) is 40.2 Å². The van der Waals surface area contributed by atoms with Gasteiger partial charge in [-0.2, -0.15) is 5.10 Å². The first-order valence-electron chi connectivity index (χ1n) is 5.89. The molecule has 0 aromatic carbocycles. The largest absolute Gasteiger partial charge is 0.374 e. The molecular formula is C12H19N3O. The average molecular weight is 221 g/mol. The summed E-state index contributed by atoms with van der Waals surface area (Å²) in [6.45, 7) is 9.21. The molecule has 0 aliphatic carbocycles. The Hall–Kier alpha value is -1.32. The van der Waals surface area contributed by atoms with Crippen molar-refractivity contribution in [2.45, 2.75) is 46.2 Å². The summed E-state index contributed by atoms with van der Waals surface area (Å²) in [6.07, 6.45) is 2.84. The highest BCUT2D eigenvalue weighted by Gasteiger charge is 2.34. The van der Waals surface area contributed by atoms with E-state index in [0.29, 0.717) is 6.04 Å². The van der Waals surface area contributed by atoms with E-state index in [9.17, 15) is 4.79 Å². The molecule has 16 heavy (non-hydrogen) atoms. The highest BCUT2D eigenvalue weighted by molar-refractivity contribution is 6.25. The molecule has 2 aliphatic rings. The van der Waals surface area contributed by atoms with Gasteiger partial charge >= 0.3 is 0 Å². The first kappa shape index (κ1) is 11.2. The van der Waals surface area contributed by atoms with Gasteiger partial charge in [0.25, 0.3) is 5.91 Å². The Labute approximate surface area is 96.6 Å². The number of nitrogens with zero attached hydrogens (tertiary/aromatic N) is 3. The van der Waals surface area contributed by atoms with Gasteiger partial charge in [0, 0.05) is 25.2 Å². The predicted molar refractivity (Wildman–Crippen MR) is 64.0 cm³/mol. The normalized spacial score (nSPS) is 20.5. The summed E-state index contributed by atoms with van der Waals surface area (Å²) < 4.78 is 0. The summed E-state index contributed by atoms with van der Waals surface area (Å²) in [4.78, 5) is 14.3. The van der Waals surface area contributed by atoms with Crippen LogP contribution in [0.1, 0.15) is 34.1 Å². The van der Waals surface area contributed by atoms with Crippen molar-refractivity contribution in [1.82, 2.24) is 9.91 Å². The molecule has 0 bridgehead atoms. The van der Waals surface area contributed by atoms with Crippen LogP contribution in [0.25, 0.3) is 0 Å². The molecule has 0 atom stereocenters. The first-order valence-corrected chi connectivity index (χ1v) is 5.89. The molecule has 88 valence electrons. The maximum absolute atomic E-state index is 12.1. The van der Waals surface area contributed by atoms with Crippen LogP contribution in [0.5, 0.6) is 0 Å². The molecule has 0 aromatic heterocycles. The number of hydrazone groups is 1.